The average molecular weight is 963 g/mol. The van der Waals surface area contributed by atoms with E-state index in [0.29, 0.717) is 79.6 Å². The standard InChI is InChI=1S/C44H55N3O15S3/c1-43(23-13-29-63(51,52)53)34-30-32(64(54,55)56)18-20-37(34)46(26-28-61-4)38(43)14-9-6-5-7-10-15-39-44(2,24-27-60-3)35-31-33(65(57,58)59)17-19-36(35)45(39)25-12-8-11-16-42(50)62-47-40(48)21-22-41(47)49/h5-7,9-10,14-15,17-20,30-31H,8,11-13,16,21-29H2,1-4H3,(H2-,51,52,53,54,55,56,57,58,59)/p+1. The summed E-state index contributed by atoms with van der Waals surface area (Å²) < 4.78 is 114. The molecule has 1 saturated heterocycles. The van der Waals surface area contributed by atoms with Gasteiger partial charge in [-0.05, 0) is 87.9 Å². The van der Waals surface area contributed by atoms with E-state index in [2.05, 4.69) is 4.90 Å². The van der Waals surface area contributed by atoms with E-state index in [0.717, 1.165) is 11.4 Å². The third kappa shape index (κ3) is 12.3. The number of fused-ring (bicyclic) bond motifs is 2. The zero-order chi connectivity index (χ0) is 47.8. The van der Waals surface area contributed by atoms with E-state index in [1.165, 1.54) is 24.3 Å². The van der Waals surface area contributed by atoms with Gasteiger partial charge in [0.05, 0.1) is 21.0 Å². The Bertz CT molecular complexity index is 2640. The normalized spacial score (nSPS) is 21.0. The third-order valence-corrected chi connectivity index (χ3v) is 14.3. The van der Waals surface area contributed by atoms with Gasteiger partial charge in [0.1, 0.15) is 6.61 Å². The number of hydrogen-bond donors (Lipinski definition) is 3. The summed E-state index contributed by atoms with van der Waals surface area (Å²) in [5.74, 6) is -2.30. The SMILES string of the molecule is COCC[N+]1=C(/C=C/C=C/C=C/C=C2/N(CCCCCC(=O)ON3C(=O)CCC3=O)c3ccc(S(=O)(=O)O)cc3C2(C)CCOC)C(C)(CCCS(=O)(=O)O)c2cc(S(=O)(=O)O)ccc21. The van der Waals surface area contributed by atoms with Crippen LogP contribution >= 0.6 is 0 Å². The molecule has 21 heteroatoms. The van der Waals surface area contributed by atoms with E-state index in [1.807, 2.05) is 36.7 Å². The number of carbonyl (C=O) groups excluding carboxylic acids is 3. The fraction of sp³-hybridized carbons (Fsp3) is 0.455. The number of allylic oxidation sites excluding steroid dienone is 8. The van der Waals surface area contributed by atoms with Gasteiger partial charge in [-0.25, -0.2) is 4.79 Å². The second-order valence-electron chi connectivity index (χ2n) is 16.3. The fourth-order valence-electron chi connectivity index (χ4n) is 8.50. The lowest BCUT2D eigenvalue weighted by Crippen LogP contribution is -2.32. The Balaban J connectivity index is 1.41. The van der Waals surface area contributed by atoms with Gasteiger partial charge >= 0.3 is 5.97 Å². The molecule has 0 aliphatic carbocycles. The minimum Gasteiger partial charge on any atom is -0.385 e. The van der Waals surface area contributed by atoms with Crippen LogP contribution in [-0.4, -0.2) is 118 Å². The quantitative estimate of drug-likeness (QED) is 0.0415. The van der Waals surface area contributed by atoms with Crippen molar-refractivity contribution >= 4 is 65.2 Å². The van der Waals surface area contributed by atoms with Crippen molar-refractivity contribution in [2.24, 2.45) is 0 Å². The van der Waals surface area contributed by atoms with Gasteiger partial charge in [0.2, 0.25) is 5.69 Å². The van der Waals surface area contributed by atoms with E-state index in [1.54, 1.807) is 50.7 Å². The smallest absolute Gasteiger partial charge is 0.333 e. The van der Waals surface area contributed by atoms with Gasteiger partial charge in [0.15, 0.2) is 12.3 Å². The van der Waals surface area contributed by atoms with Crippen molar-refractivity contribution in [3.63, 3.8) is 0 Å². The summed E-state index contributed by atoms with van der Waals surface area (Å²) in [7, 11) is -10.3. The van der Waals surface area contributed by atoms with Gasteiger partial charge in [-0.3, -0.25) is 23.2 Å². The Hall–Kier alpha value is -4.87. The molecule has 1 fully saturated rings. The second-order valence-corrected chi connectivity index (χ2v) is 20.7. The molecule has 3 aliphatic heterocycles. The highest BCUT2D eigenvalue weighted by Gasteiger charge is 2.48. The van der Waals surface area contributed by atoms with E-state index in [-0.39, 0.29) is 41.9 Å². The summed E-state index contributed by atoms with van der Waals surface area (Å²) >= 11 is 0. The van der Waals surface area contributed by atoms with Crippen LogP contribution in [0, 0.1) is 0 Å². The fourth-order valence-corrected chi connectivity index (χ4v) is 10.0. The number of ether oxygens (including phenoxy) is 2. The highest BCUT2D eigenvalue weighted by molar-refractivity contribution is 7.86. The first-order valence-corrected chi connectivity index (χ1v) is 25.4. The highest BCUT2D eigenvalue weighted by Crippen LogP contribution is 2.51. The number of benzene rings is 2. The predicted molar refractivity (Wildman–Crippen MR) is 240 cm³/mol. The Labute approximate surface area is 380 Å². The monoisotopic (exact) mass is 962 g/mol. The Morgan fingerprint density at radius 1 is 0.754 bits per heavy atom. The first kappa shape index (κ1) is 51.1. The molecule has 65 heavy (non-hydrogen) atoms. The highest BCUT2D eigenvalue weighted by atomic mass is 32.2. The molecule has 0 saturated carbocycles. The number of nitrogens with zero attached hydrogens (tertiary/aromatic N) is 3. The number of unbranched alkanes of at least 4 members (excludes halogenated alkanes) is 2. The molecule has 2 atom stereocenters. The maximum atomic E-state index is 12.4. The van der Waals surface area contributed by atoms with Crippen LogP contribution in [0.5, 0.6) is 0 Å². The Kier molecular flexibility index (Phi) is 16.7. The summed E-state index contributed by atoms with van der Waals surface area (Å²) in [6, 6.07) is 8.70. The zero-order valence-electron chi connectivity index (χ0n) is 36.7. The van der Waals surface area contributed by atoms with Crippen LogP contribution in [0.1, 0.15) is 82.8 Å². The molecule has 2 amide bonds. The van der Waals surface area contributed by atoms with Gasteiger partial charge in [-0.15, -0.1) is 5.06 Å². The van der Waals surface area contributed by atoms with Gasteiger partial charge in [0, 0.05) is 81.1 Å². The molecule has 3 N–H and O–H groups in total. The van der Waals surface area contributed by atoms with E-state index in [9.17, 15) is 53.3 Å². The molecular formula is C44H56N3O15S3+. The van der Waals surface area contributed by atoms with Crippen LogP contribution in [0.15, 0.2) is 94.4 Å². The molecule has 2 aromatic rings. The molecule has 0 bridgehead atoms. The number of anilines is 1. The molecule has 18 nitrogen and oxygen atoms in total. The minimum absolute atomic E-state index is 0.00161. The van der Waals surface area contributed by atoms with Crippen LogP contribution in [0.25, 0.3) is 0 Å². The number of hydroxylamine groups is 2. The average Bonchev–Trinajstić information content (AvgIpc) is 3.76. The number of imide groups is 1. The summed E-state index contributed by atoms with van der Waals surface area (Å²) in [5, 5.41) is 0.523. The van der Waals surface area contributed by atoms with Crippen molar-refractivity contribution in [1.29, 1.82) is 0 Å². The van der Waals surface area contributed by atoms with Crippen LogP contribution in [0.3, 0.4) is 0 Å². The molecule has 2 unspecified atom stereocenters. The van der Waals surface area contributed by atoms with Crippen molar-refractivity contribution in [3.8, 4) is 0 Å². The first-order chi connectivity index (χ1) is 30.5. The number of rotatable bonds is 23. The maximum Gasteiger partial charge on any atom is 0.333 e. The van der Waals surface area contributed by atoms with E-state index in [4.69, 9.17) is 14.3 Å². The van der Waals surface area contributed by atoms with Crippen LogP contribution < -0.4 is 4.90 Å². The Morgan fingerprint density at radius 3 is 2.00 bits per heavy atom. The third-order valence-electron chi connectivity index (χ3n) is 11.8. The molecule has 2 aromatic carbocycles. The number of carbonyl (C=O) groups is 3. The van der Waals surface area contributed by atoms with Gasteiger partial charge in [-0.1, -0.05) is 36.8 Å². The van der Waals surface area contributed by atoms with Crippen molar-refractivity contribution in [1.82, 2.24) is 5.06 Å². The Morgan fingerprint density at radius 2 is 1.37 bits per heavy atom. The van der Waals surface area contributed by atoms with Gasteiger partial charge < -0.3 is 19.2 Å². The second kappa shape index (κ2) is 21.2. The summed E-state index contributed by atoms with van der Waals surface area (Å²) in [6.45, 7) is 5.25. The van der Waals surface area contributed by atoms with Gasteiger partial charge in [-0.2, -0.15) is 29.8 Å². The van der Waals surface area contributed by atoms with Crippen molar-refractivity contribution < 1.29 is 72.2 Å². The van der Waals surface area contributed by atoms with Crippen LogP contribution in [0.2, 0.25) is 0 Å². The number of amides is 2. The predicted octanol–water partition coefficient (Wildman–Crippen LogP) is 5.39. The molecule has 5 rings (SSSR count). The molecule has 0 radical (unpaired) electrons. The van der Waals surface area contributed by atoms with Crippen LogP contribution in [-0.2, 0) is 69.9 Å². The largest absolute Gasteiger partial charge is 0.385 e. The summed E-state index contributed by atoms with van der Waals surface area (Å²) in [4.78, 5) is 42.6. The lowest BCUT2D eigenvalue weighted by Gasteiger charge is -2.30. The van der Waals surface area contributed by atoms with Crippen molar-refractivity contribution in [3.05, 3.63) is 95.8 Å². The lowest BCUT2D eigenvalue weighted by atomic mass is 9.76. The van der Waals surface area contributed by atoms with Crippen LogP contribution in [0.4, 0.5) is 11.4 Å². The summed E-state index contributed by atoms with van der Waals surface area (Å²) in [5.41, 5.74) is 2.41. The topological polar surface area (TPSA) is 251 Å². The van der Waals surface area contributed by atoms with Crippen molar-refractivity contribution in [2.45, 2.75) is 92.3 Å². The molecule has 3 heterocycles. The molecule has 0 spiro atoms. The zero-order valence-corrected chi connectivity index (χ0v) is 39.2. The van der Waals surface area contributed by atoms with Crippen molar-refractivity contribution in [2.75, 3.05) is 51.2 Å². The van der Waals surface area contributed by atoms with E-state index >= 15 is 0 Å². The first-order valence-electron chi connectivity index (χ1n) is 20.9. The number of hydrogen-bond acceptors (Lipinski definition) is 13. The lowest BCUT2D eigenvalue weighted by molar-refractivity contribution is -0.441. The molecule has 0 aromatic heterocycles. The van der Waals surface area contributed by atoms with E-state index < -0.39 is 64.7 Å². The maximum absolute atomic E-state index is 12.4. The summed E-state index contributed by atoms with van der Waals surface area (Å²) in [6.07, 6.45) is 15.0. The molecule has 354 valence electrons. The van der Waals surface area contributed by atoms with Gasteiger partial charge in [0.25, 0.3) is 42.2 Å². The molecule has 3 aliphatic rings. The minimum atomic E-state index is -4.57. The number of methoxy groups -OCH3 is 2. The molecular weight excluding hydrogens is 907 g/mol.